The van der Waals surface area contributed by atoms with Crippen LogP contribution in [0.25, 0.3) is 5.69 Å². The Balaban J connectivity index is 1.87. The molecule has 1 fully saturated rings. The fraction of sp³-hybridized carbons (Fsp3) is 0.312. The van der Waals surface area contributed by atoms with E-state index >= 15 is 0 Å². The van der Waals surface area contributed by atoms with E-state index in [-0.39, 0.29) is 18.6 Å². The normalized spacial score (nSPS) is 18.4. The Morgan fingerprint density at radius 2 is 2.05 bits per heavy atom. The van der Waals surface area contributed by atoms with Crippen LogP contribution in [0.2, 0.25) is 0 Å². The number of carbonyl (C=O) groups is 1. The van der Waals surface area contributed by atoms with Gasteiger partial charge in [0, 0.05) is 30.2 Å². The smallest absolute Gasteiger partial charge is 0.254 e. The molecule has 1 aromatic carbocycles. The van der Waals surface area contributed by atoms with Crippen LogP contribution in [0.5, 0.6) is 0 Å². The van der Waals surface area contributed by atoms with Crippen LogP contribution in [0.15, 0.2) is 48.8 Å². The van der Waals surface area contributed by atoms with E-state index in [1.807, 2.05) is 53.4 Å². The topological polar surface area (TPSA) is 45.5 Å². The Hall–Kier alpha value is -2.07. The Kier molecular flexibility index (Phi) is 3.56. The quantitative estimate of drug-likeness (QED) is 0.928. The van der Waals surface area contributed by atoms with Gasteiger partial charge < -0.3 is 14.6 Å². The third-order valence-corrected chi connectivity index (χ3v) is 3.84. The molecule has 0 bridgehead atoms. The van der Waals surface area contributed by atoms with Gasteiger partial charge in [0.1, 0.15) is 0 Å². The number of aromatic nitrogens is 1. The minimum absolute atomic E-state index is 0.00977. The molecule has 0 radical (unpaired) electrons. The monoisotopic (exact) mass is 270 g/mol. The van der Waals surface area contributed by atoms with E-state index in [0.717, 1.165) is 25.1 Å². The van der Waals surface area contributed by atoms with Gasteiger partial charge in [-0.15, -0.1) is 0 Å². The molecule has 1 N–H and O–H groups in total. The average molecular weight is 270 g/mol. The lowest BCUT2D eigenvalue weighted by molar-refractivity contribution is 0.0677. The maximum Gasteiger partial charge on any atom is 0.254 e. The SMILES string of the molecule is O=C(c1cccc(-n2cccc2)c1)N1CCCC1CO. The van der Waals surface area contributed by atoms with Gasteiger partial charge >= 0.3 is 0 Å². The number of nitrogens with zero attached hydrogens (tertiary/aromatic N) is 2. The summed E-state index contributed by atoms with van der Waals surface area (Å²) >= 11 is 0. The number of carbonyl (C=O) groups excluding carboxylic acids is 1. The van der Waals surface area contributed by atoms with Gasteiger partial charge in [0.05, 0.1) is 12.6 Å². The lowest BCUT2D eigenvalue weighted by Gasteiger charge is -2.23. The maximum atomic E-state index is 12.5. The number of hydrogen-bond acceptors (Lipinski definition) is 2. The first kappa shape index (κ1) is 12.9. The second kappa shape index (κ2) is 5.51. The minimum atomic E-state index is -0.0299. The van der Waals surface area contributed by atoms with Crippen molar-refractivity contribution in [3.8, 4) is 5.69 Å². The summed E-state index contributed by atoms with van der Waals surface area (Å²) in [6.07, 6.45) is 5.76. The van der Waals surface area contributed by atoms with E-state index in [1.165, 1.54) is 0 Å². The van der Waals surface area contributed by atoms with Crippen molar-refractivity contribution in [1.29, 1.82) is 0 Å². The maximum absolute atomic E-state index is 12.5. The van der Waals surface area contributed by atoms with Crippen LogP contribution in [0.4, 0.5) is 0 Å². The molecule has 1 amide bonds. The zero-order valence-electron chi connectivity index (χ0n) is 11.3. The molecule has 4 heteroatoms. The van der Waals surface area contributed by atoms with Crippen LogP contribution in [-0.2, 0) is 0 Å². The van der Waals surface area contributed by atoms with Gasteiger partial charge in [0.25, 0.3) is 5.91 Å². The van der Waals surface area contributed by atoms with Crippen molar-refractivity contribution in [2.45, 2.75) is 18.9 Å². The van der Waals surface area contributed by atoms with E-state index in [2.05, 4.69) is 0 Å². The number of hydrogen-bond donors (Lipinski definition) is 1. The largest absolute Gasteiger partial charge is 0.394 e. The zero-order chi connectivity index (χ0) is 13.9. The number of rotatable bonds is 3. The molecule has 3 rings (SSSR count). The van der Waals surface area contributed by atoms with Crippen LogP contribution in [0.1, 0.15) is 23.2 Å². The Bertz CT molecular complexity index is 592. The van der Waals surface area contributed by atoms with Crippen molar-refractivity contribution in [2.75, 3.05) is 13.2 Å². The molecule has 1 aromatic heterocycles. The first-order valence-electron chi connectivity index (χ1n) is 6.95. The molecule has 2 aromatic rings. The van der Waals surface area contributed by atoms with Crippen LogP contribution in [-0.4, -0.2) is 39.7 Å². The molecule has 0 spiro atoms. The summed E-state index contributed by atoms with van der Waals surface area (Å²) in [6, 6.07) is 11.5. The number of amides is 1. The first-order chi connectivity index (χ1) is 9.79. The van der Waals surface area contributed by atoms with Gasteiger partial charge in [-0.3, -0.25) is 4.79 Å². The molecule has 2 heterocycles. The standard InChI is InChI=1S/C16H18N2O2/c19-12-15-7-4-10-18(15)16(20)13-5-3-6-14(11-13)17-8-1-2-9-17/h1-3,5-6,8-9,11,15,19H,4,7,10,12H2. The summed E-state index contributed by atoms with van der Waals surface area (Å²) in [5, 5.41) is 9.34. The third-order valence-electron chi connectivity index (χ3n) is 3.84. The molecule has 0 aliphatic carbocycles. The van der Waals surface area contributed by atoms with Crippen molar-refractivity contribution in [3.05, 3.63) is 54.4 Å². The first-order valence-corrected chi connectivity index (χ1v) is 6.95. The van der Waals surface area contributed by atoms with Crippen molar-refractivity contribution >= 4 is 5.91 Å². The van der Waals surface area contributed by atoms with Crippen LogP contribution in [0.3, 0.4) is 0 Å². The van der Waals surface area contributed by atoms with Gasteiger partial charge in [-0.05, 0) is 43.2 Å². The lowest BCUT2D eigenvalue weighted by atomic mass is 10.1. The van der Waals surface area contributed by atoms with Crippen molar-refractivity contribution in [2.24, 2.45) is 0 Å². The summed E-state index contributed by atoms with van der Waals surface area (Å²) in [7, 11) is 0. The molecule has 0 saturated carbocycles. The summed E-state index contributed by atoms with van der Waals surface area (Å²) in [5.41, 5.74) is 1.65. The highest BCUT2D eigenvalue weighted by atomic mass is 16.3. The number of aliphatic hydroxyl groups excluding tert-OH is 1. The van der Waals surface area contributed by atoms with Gasteiger partial charge in [-0.25, -0.2) is 0 Å². The van der Waals surface area contributed by atoms with Crippen molar-refractivity contribution in [3.63, 3.8) is 0 Å². The third kappa shape index (κ3) is 2.34. The Labute approximate surface area is 118 Å². The van der Waals surface area contributed by atoms with E-state index in [4.69, 9.17) is 0 Å². The molecule has 1 aliphatic heterocycles. The Morgan fingerprint density at radius 1 is 1.25 bits per heavy atom. The highest BCUT2D eigenvalue weighted by Gasteiger charge is 2.28. The van der Waals surface area contributed by atoms with Crippen LogP contribution in [0, 0.1) is 0 Å². The summed E-state index contributed by atoms with van der Waals surface area (Å²) in [6.45, 7) is 0.779. The summed E-state index contributed by atoms with van der Waals surface area (Å²) in [5.74, 6) is 0.00977. The second-order valence-electron chi connectivity index (χ2n) is 5.12. The predicted molar refractivity (Wildman–Crippen MR) is 76.9 cm³/mol. The average Bonchev–Trinajstić information content (AvgIpc) is 3.17. The van der Waals surface area contributed by atoms with E-state index in [9.17, 15) is 9.90 Å². The minimum Gasteiger partial charge on any atom is -0.394 e. The number of benzene rings is 1. The van der Waals surface area contributed by atoms with Crippen molar-refractivity contribution in [1.82, 2.24) is 9.47 Å². The molecule has 1 aliphatic rings. The zero-order valence-corrected chi connectivity index (χ0v) is 11.3. The molecule has 104 valence electrons. The molecule has 4 nitrogen and oxygen atoms in total. The van der Waals surface area contributed by atoms with E-state index in [1.54, 1.807) is 4.90 Å². The van der Waals surface area contributed by atoms with E-state index < -0.39 is 0 Å². The van der Waals surface area contributed by atoms with Crippen LogP contribution >= 0.6 is 0 Å². The van der Waals surface area contributed by atoms with Gasteiger partial charge in [0.15, 0.2) is 0 Å². The highest BCUT2D eigenvalue weighted by molar-refractivity contribution is 5.95. The summed E-state index contributed by atoms with van der Waals surface area (Å²) in [4.78, 5) is 14.3. The molecule has 20 heavy (non-hydrogen) atoms. The second-order valence-corrected chi connectivity index (χ2v) is 5.12. The number of aliphatic hydroxyl groups is 1. The molecule has 1 unspecified atom stereocenters. The van der Waals surface area contributed by atoms with Crippen molar-refractivity contribution < 1.29 is 9.90 Å². The van der Waals surface area contributed by atoms with Gasteiger partial charge in [0.2, 0.25) is 0 Å². The van der Waals surface area contributed by atoms with E-state index in [0.29, 0.717) is 5.56 Å². The van der Waals surface area contributed by atoms with Gasteiger partial charge in [-0.1, -0.05) is 6.07 Å². The molecular weight excluding hydrogens is 252 g/mol. The summed E-state index contributed by atoms with van der Waals surface area (Å²) < 4.78 is 1.98. The number of likely N-dealkylation sites (tertiary alicyclic amines) is 1. The highest BCUT2D eigenvalue weighted by Crippen LogP contribution is 2.21. The predicted octanol–water partition coefficient (Wildman–Crippen LogP) is 2.07. The molecule has 1 saturated heterocycles. The van der Waals surface area contributed by atoms with Gasteiger partial charge in [-0.2, -0.15) is 0 Å². The fourth-order valence-corrected chi connectivity index (χ4v) is 2.76. The fourth-order valence-electron chi connectivity index (χ4n) is 2.76. The lowest BCUT2D eigenvalue weighted by Crippen LogP contribution is -2.37. The Morgan fingerprint density at radius 3 is 2.80 bits per heavy atom. The molecule has 1 atom stereocenters. The van der Waals surface area contributed by atoms with Crippen LogP contribution < -0.4 is 0 Å². The molecular formula is C16H18N2O2.